The molecule has 0 radical (unpaired) electrons. The Morgan fingerprint density at radius 3 is 2.38 bits per heavy atom. The van der Waals surface area contributed by atoms with Crippen LogP contribution in [0.4, 0.5) is 0 Å². The minimum atomic E-state index is -0.644. The van der Waals surface area contributed by atoms with E-state index in [9.17, 15) is 0 Å². The molecule has 0 fully saturated rings. The van der Waals surface area contributed by atoms with Gasteiger partial charge in [-0.3, -0.25) is 0 Å². The zero-order valence-corrected chi connectivity index (χ0v) is 17.8. The SMILES string of the molecule is C[C](C)=[Zr+2][c]1c(C2=CC=CC2)ccc2c1Cc1ccccc1-2.[Cl-].[Cl-]. The molecule has 2 aliphatic carbocycles. The molecular weight excluding hydrogens is 414 g/mol. The Morgan fingerprint density at radius 2 is 1.67 bits per heavy atom. The normalized spacial score (nSPS) is 13.2. The fraction of sp³-hybridized carbons (Fsp3) is 0.190. The fourth-order valence-corrected chi connectivity index (χ4v) is 6.60. The topological polar surface area (TPSA) is 0 Å². The smallest absolute Gasteiger partial charge is 1.00 e. The molecule has 0 atom stereocenters. The second-order valence-corrected chi connectivity index (χ2v) is 10.6. The Morgan fingerprint density at radius 1 is 0.917 bits per heavy atom. The third-order valence-corrected chi connectivity index (χ3v) is 7.73. The summed E-state index contributed by atoms with van der Waals surface area (Å²) in [7, 11) is 0. The van der Waals surface area contributed by atoms with Crippen molar-refractivity contribution in [3.05, 3.63) is 71.3 Å². The van der Waals surface area contributed by atoms with E-state index in [1.165, 1.54) is 27.8 Å². The Labute approximate surface area is 167 Å². The monoisotopic (exact) mass is 431 g/mol. The molecule has 0 spiro atoms. The van der Waals surface area contributed by atoms with Crippen LogP contribution in [0.2, 0.25) is 0 Å². The number of fused-ring (bicyclic) bond motifs is 3. The maximum Gasteiger partial charge on any atom is -1.00 e. The van der Waals surface area contributed by atoms with Crippen molar-refractivity contribution in [1.29, 1.82) is 0 Å². The van der Waals surface area contributed by atoms with Crippen LogP contribution in [0.5, 0.6) is 0 Å². The van der Waals surface area contributed by atoms with E-state index in [-0.39, 0.29) is 24.8 Å². The van der Waals surface area contributed by atoms with Gasteiger partial charge < -0.3 is 24.8 Å². The van der Waals surface area contributed by atoms with Crippen molar-refractivity contribution >= 4 is 12.1 Å². The van der Waals surface area contributed by atoms with E-state index in [0.717, 1.165) is 12.8 Å². The molecular formula is C21H19Cl2Zr. The predicted octanol–water partition coefficient (Wildman–Crippen LogP) is -1.47. The number of halogens is 2. The summed E-state index contributed by atoms with van der Waals surface area (Å²) in [6.45, 7) is 4.64. The Hall–Kier alpha value is -0.747. The van der Waals surface area contributed by atoms with Crippen LogP contribution >= 0.6 is 0 Å². The number of hydrogen-bond acceptors (Lipinski definition) is 0. The Bertz CT molecular complexity index is 856. The second kappa shape index (κ2) is 8.09. The van der Waals surface area contributed by atoms with Crippen molar-refractivity contribution in [2.24, 2.45) is 0 Å². The number of benzene rings is 2. The molecule has 0 heterocycles. The first kappa shape index (κ1) is 19.6. The van der Waals surface area contributed by atoms with Crippen LogP contribution < -0.4 is 28.1 Å². The van der Waals surface area contributed by atoms with Crippen LogP contribution in [0.1, 0.15) is 37.0 Å². The van der Waals surface area contributed by atoms with E-state index >= 15 is 0 Å². The molecule has 0 amide bonds. The largest absolute Gasteiger partial charge is 1.00 e. The fourth-order valence-electron chi connectivity index (χ4n) is 3.52. The summed E-state index contributed by atoms with van der Waals surface area (Å²) in [4.78, 5) is 0. The number of hydrogen-bond donors (Lipinski definition) is 0. The van der Waals surface area contributed by atoms with E-state index < -0.39 is 22.8 Å². The third-order valence-electron chi connectivity index (χ3n) is 4.48. The predicted molar refractivity (Wildman–Crippen MR) is 92.4 cm³/mol. The summed E-state index contributed by atoms with van der Waals surface area (Å²) in [6, 6.07) is 13.7. The van der Waals surface area contributed by atoms with Gasteiger partial charge in [-0.1, -0.05) is 0 Å². The standard InChI is InChI=1S/C18H13.C3H6.2ClH.Zr/c1-2-6-13(5-1)14-9-10-18-16(11-14)12-15-7-3-4-8-17(15)18;1-3-2;;;/h1-5,7-10H,6,12H2;1-2H3;2*1H;/q;;;;+2/p-2. The zero-order valence-electron chi connectivity index (χ0n) is 13.9. The third kappa shape index (κ3) is 3.45. The van der Waals surface area contributed by atoms with Gasteiger partial charge in [-0.25, -0.2) is 0 Å². The molecule has 121 valence electrons. The van der Waals surface area contributed by atoms with Gasteiger partial charge in [0, 0.05) is 0 Å². The molecule has 0 nitrogen and oxygen atoms in total. The van der Waals surface area contributed by atoms with Gasteiger partial charge in [-0.05, 0) is 0 Å². The van der Waals surface area contributed by atoms with Crippen molar-refractivity contribution in [1.82, 2.24) is 0 Å². The molecule has 0 saturated carbocycles. The number of allylic oxidation sites excluding steroid dienone is 4. The summed E-state index contributed by atoms with van der Waals surface area (Å²) >= 11 is -0.644. The summed E-state index contributed by atoms with van der Waals surface area (Å²) < 4.78 is 3.37. The van der Waals surface area contributed by atoms with E-state index in [2.05, 4.69) is 68.5 Å². The van der Waals surface area contributed by atoms with Crippen LogP contribution in [0.25, 0.3) is 16.7 Å². The van der Waals surface area contributed by atoms with Gasteiger partial charge in [0.15, 0.2) is 0 Å². The maximum absolute atomic E-state index is 2.39. The zero-order chi connectivity index (χ0) is 15.1. The molecule has 0 aromatic heterocycles. The van der Waals surface area contributed by atoms with Crippen LogP contribution in [-0.4, -0.2) is 3.21 Å². The van der Waals surface area contributed by atoms with E-state index in [1.54, 1.807) is 12.0 Å². The first-order valence-corrected chi connectivity index (χ1v) is 10.4. The number of rotatable bonds is 2. The van der Waals surface area contributed by atoms with Gasteiger partial charge in [0.1, 0.15) is 0 Å². The van der Waals surface area contributed by atoms with Gasteiger partial charge in [0.05, 0.1) is 0 Å². The van der Waals surface area contributed by atoms with Crippen molar-refractivity contribution < 1.29 is 47.6 Å². The summed E-state index contributed by atoms with van der Waals surface area (Å²) in [5.74, 6) is 0. The molecule has 2 aromatic rings. The van der Waals surface area contributed by atoms with Crippen LogP contribution in [0, 0.1) is 0 Å². The first-order chi connectivity index (χ1) is 10.7. The van der Waals surface area contributed by atoms with Crippen molar-refractivity contribution in [2.45, 2.75) is 26.7 Å². The van der Waals surface area contributed by atoms with Crippen LogP contribution in [0.15, 0.2) is 54.6 Å². The van der Waals surface area contributed by atoms with E-state index in [4.69, 9.17) is 0 Å². The molecule has 3 heteroatoms. The minimum Gasteiger partial charge on any atom is -1.00 e. The van der Waals surface area contributed by atoms with Gasteiger partial charge in [-0.15, -0.1) is 0 Å². The van der Waals surface area contributed by atoms with E-state index in [0.29, 0.717) is 0 Å². The average molecular weight is 434 g/mol. The Kier molecular flexibility index (Phi) is 6.60. The molecule has 2 aromatic carbocycles. The van der Waals surface area contributed by atoms with Crippen molar-refractivity contribution in [3.8, 4) is 11.1 Å². The molecule has 0 unspecified atom stereocenters. The summed E-state index contributed by atoms with van der Waals surface area (Å²) in [5, 5.41) is 0. The molecule has 0 N–H and O–H groups in total. The second-order valence-electron chi connectivity index (χ2n) is 6.30. The maximum atomic E-state index is 2.39. The van der Waals surface area contributed by atoms with Gasteiger partial charge in [0.25, 0.3) is 0 Å². The molecule has 0 aliphatic heterocycles. The molecule has 24 heavy (non-hydrogen) atoms. The van der Waals surface area contributed by atoms with Crippen LogP contribution in [0.3, 0.4) is 0 Å². The molecule has 0 bridgehead atoms. The Balaban J connectivity index is 0.00000104. The van der Waals surface area contributed by atoms with E-state index in [1.807, 2.05) is 0 Å². The summed E-state index contributed by atoms with van der Waals surface area (Å²) in [5.41, 5.74) is 9.11. The average Bonchev–Trinajstić information content (AvgIpc) is 3.14. The van der Waals surface area contributed by atoms with Gasteiger partial charge in [0.2, 0.25) is 0 Å². The van der Waals surface area contributed by atoms with Crippen LogP contribution in [-0.2, 0) is 29.2 Å². The summed E-state index contributed by atoms with van der Waals surface area (Å²) in [6.07, 6.45) is 9.01. The minimum absolute atomic E-state index is 0. The molecule has 2 aliphatic rings. The van der Waals surface area contributed by atoms with Gasteiger partial charge in [-0.2, -0.15) is 0 Å². The van der Waals surface area contributed by atoms with Crippen molar-refractivity contribution in [2.75, 3.05) is 0 Å². The molecule has 0 saturated heterocycles. The molecule has 4 rings (SSSR count). The first-order valence-electron chi connectivity index (χ1n) is 7.91. The quantitative estimate of drug-likeness (QED) is 0.463. The van der Waals surface area contributed by atoms with Gasteiger partial charge >= 0.3 is 144 Å². The van der Waals surface area contributed by atoms with Crippen molar-refractivity contribution in [3.63, 3.8) is 0 Å².